The van der Waals surface area contributed by atoms with Crippen LogP contribution in [-0.2, 0) is 20.9 Å². The number of carbonyl (C=O) groups excluding carboxylic acids is 2. The number of fused-ring (bicyclic) bond motifs is 2. The van der Waals surface area contributed by atoms with Crippen LogP contribution < -0.4 is 15.4 Å². The molecule has 0 saturated carbocycles. The second kappa shape index (κ2) is 7.86. The van der Waals surface area contributed by atoms with Gasteiger partial charge in [0.25, 0.3) is 5.91 Å². The number of carboxylic acids is 1. The average Bonchev–Trinajstić information content (AvgIpc) is 2.99. The van der Waals surface area contributed by atoms with E-state index in [0.29, 0.717) is 29.6 Å². The number of nitrogens with one attached hydrogen (secondary N) is 2. The number of aliphatic imine (C=N–C) groups is 1. The first kappa shape index (κ1) is 19.4. The number of hydrogen-bond donors (Lipinski definition) is 3. The van der Waals surface area contributed by atoms with Gasteiger partial charge in [0, 0.05) is 17.8 Å². The number of hydrogen-bond acceptors (Lipinski definition) is 6. The lowest BCUT2D eigenvalue weighted by Gasteiger charge is -2.26. The number of carbonyl (C=O) groups is 3. The Bertz CT molecular complexity index is 1040. The average molecular weight is 408 g/mol. The van der Waals surface area contributed by atoms with Crippen molar-refractivity contribution < 1.29 is 24.2 Å². The standard InChI is InChI=1S/C21H20N4O5/c1-12-19(28)24-21-23-16-8-7-15(9-13(16)11-25(12)21)30-17(10-18(26)27)20(29)22-14-5-3-2-4-6-14/h2-9,12,17H,10-11H2,1H3,(H,22,29)(H,26,27)(H,23,24,28). The minimum atomic E-state index is -1.21. The molecule has 0 aliphatic carbocycles. The number of para-hydroxylation sites is 1. The summed E-state index contributed by atoms with van der Waals surface area (Å²) in [5.41, 5.74) is 2.05. The Morgan fingerprint density at radius 1 is 1.30 bits per heavy atom. The highest BCUT2D eigenvalue weighted by Crippen LogP contribution is 2.32. The van der Waals surface area contributed by atoms with Crippen molar-refractivity contribution in [1.82, 2.24) is 10.2 Å². The predicted molar refractivity (Wildman–Crippen MR) is 108 cm³/mol. The molecule has 3 N–H and O–H groups in total. The van der Waals surface area contributed by atoms with E-state index in [1.165, 1.54) is 0 Å². The number of ether oxygens (including phenoxy) is 1. The molecule has 4 rings (SSSR count). The molecule has 154 valence electrons. The molecule has 2 atom stereocenters. The highest BCUT2D eigenvalue weighted by molar-refractivity contribution is 6.07. The summed E-state index contributed by atoms with van der Waals surface area (Å²) in [5.74, 6) is -0.944. The molecule has 0 bridgehead atoms. The Hall–Kier alpha value is -3.88. The molecule has 2 heterocycles. The fraction of sp³-hybridized carbons (Fsp3) is 0.238. The first-order chi connectivity index (χ1) is 14.4. The minimum absolute atomic E-state index is 0.114. The van der Waals surface area contributed by atoms with Crippen molar-refractivity contribution in [1.29, 1.82) is 0 Å². The van der Waals surface area contributed by atoms with Gasteiger partial charge in [-0.1, -0.05) is 18.2 Å². The van der Waals surface area contributed by atoms with Gasteiger partial charge in [0.05, 0.1) is 12.1 Å². The van der Waals surface area contributed by atoms with Crippen molar-refractivity contribution in [3.8, 4) is 5.75 Å². The lowest BCUT2D eigenvalue weighted by atomic mass is 10.1. The number of nitrogens with zero attached hydrogens (tertiary/aromatic N) is 2. The number of guanidine groups is 1. The molecule has 0 radical (unpaired) electrons. The lowest BCUT2D eigenvalue weighted by molar-refractivity contribution is -0.141. The zero-order valence-corrected chi connectivity index (χ0v) is 16.2. The summed E-state index contributed by atoms with van der Waals surface area (Å²) in [4.78, 5) is 42.0. The zero-order chi connectivity index (χ0) is 21.3. The van der Waals surface area contributed by atoms with Crippen LogP contribution >= 0.6 is 0 Å². The van der Waals surface area contributed by atoms with E-state index in [9.17, 15) is 19.5 Å². The quantitative estimate of drug-likeness (QED) is 0.671. The minimum Gasteiger partial charge on any atom is -0.481 e. The maximum atomic E-state index is 12.6. The molecular formula is C21H20N4O5. The first-order valence-corrected chi connectivity index (χ1v) is 9.44. The van der Waals surface area contributed by atoms with E-state index in [2.05, 4.69) is 15.6 Å². The number of anilines is 1. The van der Waals surface area contributed by atoms with Crippen LogP contribution in [0.25, 0.3) is 0 Å². The number of benzene rings is 2. The molecule has 30 heavy (non-hydrogen) atoms. The Morgan fingerprint density at radius 3 is 2.80 bits per heavy atom. The summed E-state index contributed by atoms with van der Waals surface area (Å²) in [6, 6.07) is 13.5. The third-order valence-electron chi connectivity index (χ3n) is 4.94. The van der Waals surface area contributed by atoms with Crippen molar-refractivity contribution in [3.05, 3.63) is 54.1 Å². The van der Waals surface area contributed by atoms with E-state index < -0.39 is 24.4 Å². The van der Waals surface area contributed by atoms with E-state index in [4.69, 9.17) is 4.74 Å². The van der Waals surface area contributed by atoms with Crippen LogP contribution in [0.15, 0.2) is 53.5 Å². The van der Waals surface area contributed by atoms with Crippen molar-refractivity contribution in [2.75, 3.05) is 5.32 Å². The van der Waals surface area contributed by atoms with Crippen molar-refractivity contribution in [2.24, 2.45) is 4.99 Å². The van der Waals surface area contributed by atoms with Gasteiger partial charge in [-0.2, -0.15) is 0 Å². The van der Waals surface area contributed by atoms with Gasteiger partial charge in [0.2, 0.25) is 11.9 Å². The first-order valence-electron chi connectivity index (χ1n) is 9.44. The van der Waals surface area contributed by atoms with E-state index >= 15 is 0 Å². The van der Waals surface area contributed by atoms with Crippen LogP contribution in [-0.4, -0.2) is 45.9 Å². The molecule has 1 fully saturated rings. The van der Waals surface area contributed by atoms with E-state index in [-0.39, 0.29) is 11.9 Å². The maximum Gasteiger partial charge on any atom is 0.307 e. The lowest BCUT2D eigenvalue weighted by Crippen LogP contribution is -2.36. The van der Waals surface area contributed by atoms with Gasteiger partial charge in [-0.05, 0) is 37.3 Å². The Balaban J connectivity index is 1.52. The zero-order valence-electron chi connectivity index (χ0n) is 16.2. The van der Waals surface area contributed by atoms with Crippen LogP contribution in [0.1, 0.15) is 18.9 Å². The number of carboxylic acid groups (broad SMARTS) is 1. The van der Waals surface area contributed by atoms with Gasteiger partial charge in [0.1, 0.15) is 11.8 Å². The van der Waals surface area contributed by atoms with Crippen LogP contribution in [0, 0.1) is 0 Å². The third-order valence-corrected chi connectivity index (χ3v) is 4.94. The maximum absolute atomic E-state index is 12.6. The SMILES string of the molecule is CC1C(=O)NC2=Nc3ccc(OC(CC(=O)O)C(=O)Nc4ccccc4)cc3CN21. The summed E-state index contributed by atoms with van der Waals surface area (Å²) in [6.07, 6.45) is -1.70. The van der Waals surface area contributed by atoms with Crippen molar-refractivity contribution >= 4 is 35.1 Å². The van der Waals surface area contributed by atoms with Crippen LogP contribution in [0.2, 0.25) is 0 Å². The molecule has 9 nitrogen and oxygen atoms in total. The van der Waals surface area contributed by atoms with Crippen LogP contribution in [0.5, 0.6) is 5.75 Å². The molecule has 2 amide bonds. The second-order valence-electron chi connectivity index (χ2n) is 7.08. The van der Waals surface area contributed by atoms with Gasteiger partial charge in [-0.15, -0.1) is 0 Å². The summed E-state index contributed by atoms with van der Waals surface area (Å²) in [6.45, 7) is 2.24. The normalized spacial score (nSPS) is 17.9. The molecule has 2 aromatic rings. The summed E-state index contributed by atoms with van der Waals surface area (Å²) >= 11 is 0. The fourth-order valence-electron chi connectivity index (χ4n) is 3.34. The van der Waals surface area contributed by atoms with Gasteiger partial charge >= 0.3 is 5.97 Å². The van der Waals surface area contributed by atoms with Crippen molar-refractivity contribution in [3.63, 3.8) is 0 Å². The largest absolute Gasteiger partial charge is 0.481 e. The predicted octanol–water partition coefficient (Wildman–Crippen LogP) is 1.87. The van der Waals surface area contributed by atoms with Gasteiger partial charge in [-0.25, -0.2) is 4.99 Å². The Labute approximate surface area is 172 Å². The summed E-state index contributed by atoms with van der Waals surface area (Å²) in [5, 5.41) is 14.6. The Kier molecular flexibility index (Phi) is 5.09. The number of aliphatic carboxylic acids is 1. The van der Waals surface area contributed by atoms with E-state index in [0.717, 1.165) is 5.56 Å². The highest BCUT2D eigenvalue weighted by atomic mass is 16.5. The molecule has 9 heteroatoms. The molecule has 0 spiro atoms. The van der Waals surface area contributed by atoms with E-state index in [1.54, 1.807) is 49.4 Å². The molecule has 2 aliphatic rings. The summed E-state index contributed by atoms with van der Waals surface area (Å²) in [7, 11) is 0. The highest BCUT2D eigenvalue weighted by Gasteiger charge is 2.36. The summed E-state index contributed by atoms with van der Waals surface area (Å²) < 4.78 is 5.74. The third kappa shape index (κ3) is 3.95. The number of amides is 2. The van der Waals surface area contributed by atoms with Crippen LogP contribution in [0.4, 0.5) is 11.4 Å². The molecule has 0 aromatic heterocycles. The van der Waals surface area contributed by atoms with Crippen molar-refractivity contribution in [2.45, 2.75) is 32.0 Å². The van der Waals surface area contributed by atoms with Crippen LogP contribution in [0.3, 0.4) is 0 Å². The molecule has 2 aromatic carbocycles. The second-order valence-corrected chi connectivity index (χ2v) is 7.08. The molecule has 2 unspecified atom stereocenters. The van der Waals surface area contributed by atoms with Gasteiger partial charge < -0.3 is 20.1 Å². The molecule has 2 aliphatic heterocycles. The fourth-order valence-corrected chi connectivity index (χ4v) is 3.34. The monoisotopic (exact) mass is 408 g/mol. The molecule has 1 saturated heterocycles. The smallest absolute Gasteiger partial charge is 0.307 e. The Morgan fingerprint density at radius 2 is 2.07 bits per heavy atom. The molecular weight excluding hydrogens is 388 g/mol. The number of rotatable bonds is 6. The van der Waals surface area contributed by atoms with E-state index in [1.807, 2.05) is 11.0 Å². The van der Waals surface area contributed by atoms with Gasteiger partial charge in [0.15, 0.2) is 6.10 Å². The topological polar surface area (TPSA) is 120 Å². The van der Waals surface area contributed by atoms with Gasteiger partial charge in [-0.3, -0.25) is 19.7 Å².